The van der Waals surface area contributed by atoms with Gasteiger partial charge in [0, 0.05) is 19.3 Å². The average molecular weight is 218 g/mol. The maximum absolute atomic E-state index is 8.55. The quantitative estimate of drug-likeness (QED) is 0.762. The van der Waals surface area contributed by atoms with E-state index in [-0.39, 0.29) is 0 Å². The molecule has 0 atom stereocenters. The van der Waals surface area contributed by atoms with Crippen molar-refractivity contribution >= 4 is 5.69 Å². The first-order chi connectivity index (χ1) is 7.72. The van der Waals surface area contributed by atoms with Crippen LogP contribution in [0.1, 0.15) is 18.9 Å². The number of hydrogen-bond donors (Lipinski definition) is 0. The summed E-state index contributed by atoms with van der Waals surface area (Å²) in [4.78, 5) is 2.09. The molecule has 0 unspecified atom stereocenters. The minimum absolute atomic E-state index is 0.546. The summed E-state index contributed by atoms with van der Waals surface area (Å²) < 4.78 is 5.28. The Balaban J connectivity index is 2.86. The fraction of sp³-hybridized carbons (Fsp3) is 0.462. The zero-order valence-electron chi connectivity index (χ0n) is 10.2. The Morgan fingerprint density at radius 3 is 2.75 bits per heavy atom. The third-order valence-electron chi connectivity index (χ3n) is 2.64. The molecule has 0 aromatic heterocycles. The van der Waals surface area contributed by atoms with Crippen LogP contribution in [0.15, 0.2) is 18.2 Å². The van der Waals surface area contributed by atoms with Crippen molar-refractivity contribution in [3.8, 4) is 11.8 Å². The molecule has 0 aliphatic carbocycles. The number of benzene rings is 1. The van der Waals surface area contributed by atoms with Crippen LogP contribution in [0, 0.1) is 11.3 Å². The third-order valence-corrected chi connectivity index (χ3v) is 2.64. The Hall–Kier alpha value is -1.69. The lowest BCUT2D eigenvalue weighted by Crippen LogP contribution is -2.18. The lowest BCUT2D eigenvalue weighted by Gasteiger charge is -2.19. The molecule has 0 N–H and O–H groups in total. The van der Waals surface area contributed by atoms with Crippen molar-refractivity contribution in [3.63, 3.8) is 0 Å². The smallest absolute Gasteiger partial charge is 0.122 e. The van der Waals surface area contributed by atoms with Crippen LogP contribution in [0.25, 0.3) is 0 Å². The Labute approximate surface area is 97.3 Å². The van der Waals surface area contributed by atoms with Gasteiger partial charge in [0.05, 0.1) is 19.6 Å². The van der Waals surface area contributed by atoms with E-state index in [0.29, 0.717) is 6.42 Å². The van der Waals surface area contributed by atoms with Gasteiger partial charge in [-0.05, 0) is 30.2 Å². The molecule has 0 radical (unpaired) electrons. The number of nitrogens with zero attached hydrogens (tertiary/aromatic N) is 2. The van der Waals surface area contributed by atoms with Gasteiger partial charge in [-0.2, -0.15) is 5.26 Å². The fourth-order valence-electron chi connectivity index (χ4n) is 1.63. The molecule has 0 amide bonds. The van der Waals surface area contributed by atoms with Crippen molar-refractivity contribution in [2.75, 3.05) is 25.6 Å². The van der Waals surface area contributed by atoms with Crippen LogP contribution < -0.4 is 9.64 Å². The van der Waals surface area contributed by atoms with E-state index in [0.717, 1.165) is 24.4 Å². The lowest BCUT2D eigenvalue weighted by molar-refractivity contribution is 0.410. The summed E-state index contributed by atoms with van der Waals surface area (Å²) in [6.45, 7) is 2.86. The van der Waals surface area contributed by atoms with Gasteiger partial charge >= 0.3 is 0 Å². The molecule has 0 aliphatic rings. The van der Waals surface area contributed by atoms with E-state index in [1.54, 1.807) is 7.11 Å². The topological polar surface area (TPSA) is 36.3 Å². The second-order valence-corrected chi connectivity index (χ2v) is 3.68. The molecule has 3 nitrogen and oxygen atoms in total. The minimum Gasteiger partial charge on any atom is -0.496 e. The highest BCUT2D eigenvalue weighted by molar-refractivity contribution is 5.52. The van der Waals surface area contributed by atoms with Crippen LogP contribution in [0.3, 0.4) is 0 Å². The van der Waals surface area contributed by atoms with Crippen molar-refractivity contribution in [3.05, 3.63) is 23.8 Å². The molecule has 0 saturated carbocycles. The minimum atomic E-state index is 0.546. The number of hydrogen-bond acceptors (Lipinski definition) is 3. The lowest BCUT2D eigenvalue weighted by atomic mass is 10.1. The molecule has 1 aromatic carbocycles. The number of aryl methyl sites for hydroxylation is 1. The molecular weight excluding hydrogens is 200 g/mol. The largest absolute Gasteiger partial charge is 0.496 e. The van der Waals surface area contributed by atoms with Gasteiger partial charge in [-0.25, -0.2) is 0 Å². The van der Waals surface area contributed by atoms with Crippen molar-refractivity contribution in [1.82, 2.24) is 0 Å². The van der Waals surface area contributed by atoms with Crippen molar-refractivity contribution in [2.45, 2.75) is 19.8 Å². The van der Waals surface area contributed by atoms with Crippen LogP contribution in [0.4, 0.5) is 5.69 Å². The Morgan fingerprint density at radius 1 is 1.44 bits per heavy atom. The SMILES string of the molecule is CCc1cc(N(C)CCC#N)ccc1OC. The highest BCUT2D eigenvalue weighted by Gasteiger charge is 2.05. The maximum Gasteiger partial charge on any atom is 0.122 e. The normalized spacial score (nSPS) is 9.62. The third kappa shape index (κ3) is 2.90. The van der Waals surface area contributed by atoms with E-state index < -0.39 is 0 Å². The van der Waals surface area contributed by atoms with Crippen LogP contribution in [-0.2, 0) is 6.42 Å². The van der Waals surface area contributed by atoms with E-state index in [2.05, 4.69) is 24.0 Å². The van der Waals surface area contributed by atoms with Crippen LogP contribution in [0.5, 0.6) is 5.75 Å². The molecule has 86 valence electrons. The van der Waals surface area contributed by atoms with Gasteiger partial charge in [0.15, 0.2) is 0 Å². The highest BCUT2D eigenvalue weighted by Crippen LogP contribution is 2.24. The molecule has 0 spiro atoms. The first-order valence-electron chi connectivity index (χ1n) is 5.48. The van der Waals surface area contributed by atoms with Gasteiger partial charge in [-0.3, -0.25) is 0 Å². The summed E-state index contributed by atoms with van der Waals surface area (Å²) >= 11 is 0. The fourth-order valence-corrected chi connectivity index (χ4v) is 1.63. The van der Waals surface area contributed by atoms with Crippen molar-refractivity contribution in [2.24, 2.45) is 0 Å². The van der Waals surface area contributed by atoms with Gasteiger partial charge in [0.1, 0.15) is 5.75 Å². The van der Waals surface area contributed by atoms with Crippen LogP contribution in [-0.4, -0.2) is 20.7 Å². The molecular formula is C13H18N2O. The molecule has 16 heavy (non-hydrogen) atoms. The molecule has 3 heteroatoms. The second kappa shape index (κ2) is 6.02. The Bertz CT molecular complexity index is 382. The predicted octanol–water partition coefficient (Wildman–Crippen LogP) is 2.61. The van der Waals surface area contributed by atoms with Crippen molar-refractivity contribution < 1.29 is 4.74 Å². The summed E-state index contributed by atoms with van der Waals surface area (Å²) in [5.41, 5.74) is 2.33. The number of anilines is 1. The number of nitriles is 1. The molecule has 0 heterocycles. The molecule has 0 fully saturated rings. The predicted molar refractivity (Wildman–Crippen MR) is 65.9 cm³/mol. The molecule has 0 bridgehead atoms. The summed E-state index contributed by atoms with van der Waals surface area (Å²) in [5, 5.41) is 8.55. The van der Waals surface area contributed by atoms with Crippen molar-refractivity contribution in [1.29, 1.82) is 5.26 Å². The van der Waals surface area contributed by atoms with Crippen LogP contribution in [0.2, 0.25) is 0 Å². The van der Waals surface area contributed by atoms with Gasteiger partial charge in [0.2, 0.25) is 0 Å². The van der Waals surface area contributed by atoms with Gasteiger partial charge in [-0.1, -0.05) is 6.92 Å². The van der Waals surface area contributed by atoms with E-state index in [4.69, 9.17) is 10.00 Å². The van der Waals surface area contributed by atoms with E-state index >= 15 is 0 Å². The maximum atomic E-state index is 8.55. The zero-order chi connectivity index (χ0) is 12.0. The van der Waals surface area contributed by atoms with Gasteiger partial charge in [0.25, 0.3) is 0 Å². The second-order valence-electron chi connectivity index (χ2n) is 3.68. The van der Waals surface area contributed by atoms with E-state index in [9.17, 15) is 0 Å². The van der Waals surface area contributed by atoms with Crippen LogP contribution >= 0.6 is 0 Å². The summed E-state index contributed by atoms with van der Waals surface area (Å²) in [5.74, 6) is 0.930. The van der Waals surface area contributed by atoms with Gasteiger partial charge < -0.3 is 9.64 Å². The van der Waals surface area contributed by atoms with Gasteiger partial charge in [-0.15, -0.1) is 0 Å². The number of methoxy groups -OCH3 is 1. The standard InChI is InChI=1S/C13H18N2O/c1-4-11-10-12(6-7-13(11)16-3)15(2)9-5-8-14/h6-7,10H,4-5,9H2,1-3H3. The monoisotopic (exact) mass is 218 g/mol. The highest BCUT2D eigenvalue weighted by atomic mass is 16.5. The zero-order valence-corrected chi connectivity index (χ0v) is 10.2. The summed E-state index contributed by atoms with van der Waals surface area (Å²) in [7, 11) is 3.69. The number of ether oxygens (including phenoxy) is 1. The molecule has 1 aromatic rings. The van der Waals surface area contributed by atoms with E-state index in [1.807, 2.05) is 19.2 Å². The molecule has 0 aliphatic heterocycles. The first-order valence-corrected chi connectivity index (χ1v) is 5.48. The molecule has 0 saturated heterocycles. The average Bonchev–Trinajstić information content (AvgIpc) is 2.34. The Kier molecular flexibility index (Phi) is 4.65. The first kappa shape index (κ1) is 12.4. The Morgan fingerprint density at radius 2 is 2.19 bits per heavy atom. The van der Waals surface area contributed by atoms with E-state index in [1.165, 1.54) is 5.56 Å². The number of rotatable bonds is 5. The summed E-state index contributed by atoms with van der Waals surface area (Å²) in [6, 6.07) is 8.28. The molecule has 1 rings (SSSR count). The summed E-state index contributed by atoms with van der Waals surface area (Å²) in [6.07, 6.45) is 1.49.